The van der Waals surface area contributed by atoms with Gasteiger partial charge in [-0.2, -0.15) is 0 Å². The number of benzene rings is 1. The zero-order chi connectivity index (χ0) is 22.9. The minimum atomic E-state index is -0.571. The lowest BCUT2D eigenvalue weighted by Crippen LogP contribution is -2.62. The van der Waals surface area contributed by atoms with Crippen molar-refractivity contribution in [1.82, 2.24) is 10.6 Å². The molecular formula is C25H36N4O3. The van der Waals surface area contributed by atoms with Crippen LogP contribution in [0.1, 0.15) is 65.7 Å². The van der Waals surface area contributed by atoms with E-state index < -0.39 is 6.04 Å². The van der Waals surface area contributed by atoms with Crippen LogP contribution >= 0.6 is 0 Å². The van der Waals surface area contributed by atoms with E-state index in [0.717, 1.165) is 42.7 Å². The molecule has 32 heavy (non-hydrogen) atoms. The van der Waals surface area contributed by atoms with Crippen LogP contribution in [0.3, 0.4) is 0 Å². The molecule has 0 aliphatic heterocycles. The summed E-state index contributed by atoms with van der Waals surface area (Å²) in [5.74, 6) is 2.12. The van der Waals surface area contributed by atoms with Crippen molar-refractivity contribution in [2.24, 2.45) is 23.7 Å². The Hall–Kier alpha value is -2.57. The highest BCUT2D eigenvalue weighted by atomic mass is 16.2. The maximum Gasteiger partial charge on any atom is 0.321 e. The summed E-state index contributed by atoms with van der Waals surface area (Å²) in [6, 6.07) is 6.26. The number of carbonyl (C=O) groups excluding carboxylic acids is 3. The van der Waals surface area contributed by atoms with Gasteiger partial charge in [0.1, 0.15) is 6.04 Å². The molecule has 4 amide bonds. The van der Waals surface area contributed by atoms with Gasteiger partial charge in [0, 0.05) is 23.3 Å². The Morgan fingerprint density at radius 3 is 1.97 bits per heavy atom. The average molecular weight is 441 g/mol. The molecule has 0 aromatic heterocycles. The Morgan fingerprint density at radius 1 is 0.906 bits per heavy atom. The highest BCUT2D eigenvalue weighted by Crippen LogP contribution is 2.55. The molecule has 7 nitrogen and oxygen atoms in total. The fraction of sp³-hybridized carbons (Fsp3) is 0.640. The Labute approximate surface area is 190 Å². The van der Waals surface area contributed by atoms with Crippen LogP contribution in [0.15, 0.2) is 24.3 Å². The van der Waals surface area contributed by atoms with Gasteiger partial charge in [-0.25, -0.2) is 4.79 Å². The highest BCUT2D eigenvalue weighted by Gasteiger charge is 2.51. The Morgan fingerprint density at radius 2 is 1.44 bits per heavy atom. The summed E-state index contributed by atoms with van der Waals surface area (Å²) in [6.45, 7) is 5.73. The largest absolute Gasteiger partial charge is 0.374 e. The first-order valence-corrected chi connectivity index (χ1v) is 12.0. The molecule has 0 spiro atoms. The Balaban J connectivity index is 1.25. The summed E-state index contributed by atoms with van der Waals surface area (Å²) in [4.78, 5) is 37.1. The summed E-state index contributed by atoms with van der Waals surface area (Å²) in [5.41, 5.74) is 1.34. The summed E-state index contributed by atoms with van der Waals surface area (Å²) in [6.07, 6.45) is 7.55. The Kier molecular flexibility index (Phi) is 6.45. The first-order chi connectivity index (χ1) is 15.2. The van der Waals surface area contributed by atoms with E-state index in [4.69, 9.17) is 0 Å². The molecule has 0 unspecified atom stereocenters. The molecule has 1 aromatic rings. The van der Waals surface area contributed by atoms with Crippen molar-refractivity contribution in [3.8, 4) is 0 Å². The minimum absolute atomic E-state index is 0.0153. The van der Waals surface area contributed by atoms with Crippen LogP contribution < -0.4 is 21.3 Å². The topological polar surface area (TPSA) is 99.3 Å². The van der Waals surface area contributed by atoms with Gasteiger partial charge in [-0.1, -0.05) is 13.8 Å². The zero-order valence-electron chi connectivity index (χ0n) is 19.4. The smallest absolute Gasteiger partial charge is 0.321 e. The van der Waals surface area contributed by atoms with E-state index in [1.165, 1.54) is 19.3 Å². The van der Waals surface area contributed by atoms with Gasteiger partial charge < -0.3 is 16.0 Å². The van der Waals surface area contributed by atoms with Gasteiger partial charge in [-0.15, -0.1) is 0 Å². The minimum Gasteiger partial charge on any atom is -0.374 e. The van der Waals surface area contributed by atoms with Gasteiger partial charge in [0.2, 0.25) is 11.8 Å². The van der Waals surface area contributed by atoms with Crippen LogP contribution in [0.5, 0.6) is 0 Å². The van der Waals surface area contributed by atoms with Crippen LogP contribution in [0.25, 0.3) is 0 Å². The third-order valence-corrected chi connectivity index (χ3v) is 7.19. The number of carbonyl (C=O) groups is 3. The monoisotopic (exact) mass is 440 g/mol. The van der Waals surface area contributed by atoms with Crippen molar-refractivity contribution in [3.05, 3.63) is 24.3 Å². The number of hydrogen-bond acceptors (Lipinski definition) is 4. The number of imide groups is 1. The van der Waals surface area contributed by atoms with Crippen LogP contribution in [0.2, 0.25) is 0 Å². The van der Waals surface area contributed by atoms with E-state index >= 15 is 0 Å². The SMILES string of the molecule is CC(C)CC(=O)Nc1ccc(N[C@H](C)C(=O)NC(=O)NC23CC4CC(CC(C4)C2)C3)cc1. The second-order valence-corrected chi connectivity index (χ2v) is 10.7. The van der Waals surface area contributed by atoms with Crippen molar-refractivity contribution >= 4 is 29.2 Å². The number of hydrogen-bond donors (Lipinski definition) is 4. The van der Waals surface area contributed by atoms with Crippen LogP contribution in [-0.2, 0) is 9.59 Å². The third-order valence-electron chi connectivity index (χ3n) is 7.19. The van der Waals surface area contributed by atoms with E-state index in [2.05, 4.69) is 21.3 Å². The number of urea groups is 1. The van der Waals surface area contributed by atoms with Gasteiger partial charge in [0.05, 0.1) is 0 Å². The second-order valence-electron chi connectivity index (χ2n) is 10.7. The molecule has 4 aliphatic carbocycles. The molecule has 5 rings (SSSR count). The van der Waals surface area contributed by atoms with E-state index in [0.29, 0.717) is 18.0 Å². The molecule has 1 atom stereocenters. The Bertz CT molecular complexity index is 829. The number of amides is 4. The lowest BCUT2D eigenvalue weighted by molar-refractivity contribution is -0.120. The standard InChI is InChI=1S/C25H36N4O3/c1-15(2)8-22(30)27-21-6-4-20(5-7-21)26-16(3)23(31)28-24(32)29-25-12-17-9-18(13-25)11-19(10-17)14-25/h4-7,15-19,26H,8-14H2,1-3H3,(H,27,30)(H2,28,29,31,32)/t16-,17?,18?,19?,25?/m1/s1. The van der Waals surface area contributed by atoms with Crippen LogP contribution in [-0.4, -0.2) is 29.4 Å². The van der Waals surface area contributed by atoms with Crippen molar-refractivity contribution < 1.29 is 14.4 Å². The summed E-state index contributed by atoms with van der Waals surface area (Å²) >= 11 is 0. The summed E-state index contributed by atoms with van der Waals surface area (Å²) in [5, 5.41) is 11.7. The molecule has 4 bridgehead atoms. The highest BCUT2D eigenvalue weighted by molar-refractivity contribution is 5.98. The molecule has 4 N–H and O–H groups in total. The molecule has 0 heterocycles. The van der Waals surface area contributed by atoms with E-state index in [-0.39, 0.29) is 23.4 Å². The van der Waals surface area contributed by atoms with Gasteiger partial charge in [-0.3, -0.25) is 14.9 Å². The van der Waals surface area contributed by atoms with Gasteiger partial charge >= 0.3 is 6.03 Å². The molecule has 1 aromatic carbocycles. The van der Waals surface area contributed by atoms with Gasteiger partial charge in [0.25, 0.3) is 0 Å². The second kappa shape index (κ2) is 9.12. The fourth-order valence-electron chi connectivity index (χ4n) is 6.30. The molecule has 174 valence electrons. The molecule has 4 aliphatic rings. The normalized spacial score (nSPS) is 28.8. The number of nitrogens with one attached hydrogen (secondary N) is 4. The number of anilines is 2. The predicted octanol–water partition coefficient (Wildman–Crippen LogP) is 4.27. The maximum atomic E-state index is 12.6. The molecule has 7 heteroatoms. The molecule has 4 saturated carbocycles. The van der Waals surface area contributed by atoms with Crippen LogP contribution in [0.4, 0.5) is 16.2 Å². The first kappa shape index (κ1) is 22.6. The molecular weight excluding hydrogens is 404 g/mol. The molecule has 4 fully saturated rings. The summed E-state index contributed by atoms with van der Waals surface area (Å²) < 4.78 is 0. The first-order valence-electron chi connectivity index (χ1n) is 12.0. The van der Waals surface area contributed by atoms with E-state index in [1.54, 1.807) is 19.1 Å². The van der Waals surface area contributed by atoms with Crippen molar-refractivity contribution in [1.29, 1.82) is 0 Å². The van der Waals surface area contributed by atoms with E-state index in [9.17, 15) is 14.4 Å². The summed E-state index contributed by atoms with van der Waals surface area (Å²) in [7, 11) is 0. The van der Waals surface area contributed by atoms with Gasteiger partial charge in [0.15, 0.2) is 0 Å². The van der Waals surface area contributed by atoms with Gasteiger partial charge in [-0.05, 0) is 93.4 Å². The van der Waals surface area contributed by atoms with E-state index in [1.807, 2.05) is 26.0 Å². The molecule has 0 saturated heterocycles. The average Bonchev–Trinajstić information content (AvgIpc) is 2.67. The molecule has 0 radical (unpaired) electrons. The lowest BCUT2D eigenvalue weighted by atomic mass is 9.53. The quantitative estimate of drug-likeness (QED) is 0.509. The number of rotatable bonds is 7. The maximum absolute atomic E-state index is 12.6. The third kappa shape index (κ3) is 5.43. The predicted molar refractivity (Wildman–Crippen MR) is 125 cm³/mol. The van der Waals surface area contributed by atoms with Crippen molar-refractivity contribution in [3.63, 3.8) is 0 Å². The zero-order valence-corrected chi connectivity index (χ0v) is 19.4. The lowest BCUT2D eigenvalue weighted by Gasteiger charge is -2.56. The fourth-order valence-corrected chi connectivity index (χ4v) is 6.30. The van der Waals surface area contributed by atoms with Crippen molar-refractivity contribution in [2.45, 2.75) is 77.3 Å². The van der Waals surface area contributed by atoms with Crippen LogP contribution in [0, 0.1) is 23.7 Å². The van der Waals surface area contributed by atoms with Crippen molar-refractivity contribution in [2.75, 3.05) is 10.6 Å².